The fourth-order valence-corrected chi connectivity index (χ4v) is 0.537. The van der Waals surface area contributed by atoms with E-state index in [4.69, 9.17) is 0 Å². The first-order valence-electron chi connectivity index (χ1n) is 2.88. The van der Waals surface area contributed by atoms with Gasteiger partial charge in [0, 0.05) is 6.20 Å². The fourth-order valence-electron chi connectivity index (χ4n) is 0.537. The molecule has 1 rings (SSSR count). The fraction of sp³-hybridized carbons (Fsp3) is 0.167. The summed E-state index contributed by atoms with van der Waals surface area (Å²) in [6, 6.07) is 3.69. The van der Waals surface area contributed by atoms with Crippen LogP contribution in [0.15, 0.2) is 34.9 Å². The average molecular weight is 136 g/mol. The molecule has 1 aromatic rings. The van der Waals surface area contributed by atoms with Gasteiger partial charge in [-0.15, -0.1) is 0 Å². The average Bonchev–Trinajstić information content (AvgIpc) is 2.03. The Morgan fingerprint density at radius 3 is 3.10 bits per heavy atom. The molecule has 10 heavy (non-hydrogen) atoms. The van der Waals surface area contributed by atoms with Crippen LogP contribution in [0.25, 0.3) is 0 Å². The minimum atomic E-state index is 0.841. The molecule has 0 saturated carbocycles. The second kappa shape index (κ2) is 3.55. The maximum absolute atomic E-state index is 3.87. The van der Waals surface area contributed by atoms with Crippen LogP contribution in [0.2, 0.25) is 0 Å². The lowest BCUT2D eigenvalue weighted by molar-refractivity contribution is 1.08. The number of nitrogens with zero attached hydrogens (tertiary/aromatic N) is 3. The summed E-state index contributed by atoms with van der Waals surface area (Å²) < 4.78 is 0. The Balaban J connectivity index is 2.59. The molecule has 0 amide bonds. The van der Waals surface area contributed by atoms with Gasteiger partial charge in [-0.2, -0.15) is 5.11 Å². The van der Waals surface area contributed by atoms with E-state index < -0.39 is 0 Å². The Labute approximate surface area is 59.0 Å². The summed E-state index contributed by atoms with van der Waals surface area (Å²) in [7, 11) is 1.60. The first-order chi connectivity index (χ1) is 4.93. The summed E-state index contributed by atoms with van der Waals surface area (Å²) in [4.78, 5) is 3.87. The predicted octanol–water partition coefficient (Wildman–Crippen LogP) is 1.49. The molecule has 0 aliphatic rings. The van der Waals surface area contributed by atoms with Crippen molar-refractivity contribution >= 4 is 5.69 Å². The van der Waals surface area contributed by atoms with E-state index in [1.165, 1.54) is 0 Å². The van der Waals surface area contributed by atoms with E-state index in [0.717, 1.165) is 5.69 Å². The third kappa shape index (κ3) is 1.81. The Morgan fingerprint density at radius 2 is 2.50 bits per heavy atom. The second-order valence-electron chi connectivity index (χ2n) is 1.65. The summed E-state index contributed by atoms with van der Waals surface area (Å²) in [5, 5.41) is 7.09. The SMILES string of the molecule is CN=NNc1cccnc1. The molecule has 0 fully saturated rings. The summed E-state index contributed by atoms with van der Waals surface area (Å²) in [5.74, 6) is 0. The van der Waals surface area contributed by atoms with Crippen molar-refractivity contribution in [3.05, 3.63) is 24.5 Å². The molecule has 0 saturated heterocycles. The monoisotopic (exact) mass is 136 g/mol. The van der Waals surface area contributed by atoms with E-state index in [2.05, 4.69) is 20.7 Å². The van der Waals surface area contributed by atoms with Crippen LogP contribution in [0, 0.1) is 0 Å². The molecule has 0 bridgehead atoms. The zero-order valence-corrected chi connectivity index (χ0v) is 5.65. The third-order valence-corrected chi connectivity index (χ3v) is 0.941. The highest BCUT2D eigenvalue weighted by atomic mass is 15.4. The number of pyridine rings is 1. The molecule has 0 aliphatic carbocycles. The van der Waals surface area contributed by atoms with Gasteiger partial charge in [0.2, 0.25) is 0 Å². The lowest BCUT2D eigenvalue weighted by Crippen LogP contribution is -1.85. The number of rotatable bonds is 2. The van der Waals surface area contributed by atoms with Crippen molar-refractivity contribution in [3.63, 3.8) is 0 Å². The second-order valence-corrected chi connectivity index (χ2v) is 1.65. The molecule has 0 aromatic carbocycles. The van der Waals surface area contributed by atoms with Crippen molar-refractivity contribution in [3.8, 4) is 0 Å². The van der Waals surface area contributed by atoms with Gasteiger partial charge in [0.05, 0.1) is 18.9 Å². The van der Waals surface area contributed by atoms with Gasteiger partial charge >= 0.3 is 0 Å². The Hall–Kier alpha value is -1.45. The molecule has 0 aliphatic heterocycles. The maximum Gasteiger partial charge on any atom is 0.0762 e. The Kier molecular flexibility index (Phi) is 2.37. The Bertz CT molecular complexity index is 206. The standard InChI is InChI=1S/C6H8N4/c1-7-10-9-6-3-2-4-8-5-6/h2-5H,1H3,(H,7,9). The van der Waals surface area contributed by atoms with E-state index in [1.54, 1.807) is 19.4 Å². The zero-order chi connectivity index (χ0) is 7.23. The van der Waals surface area contributed by atoms with Gasteiger partial charge in [-0.05, 0) is 12.1 Å². The van der Waals surface area contributed by atoms with Gasteiger partial charge in [-0.25, -0.2) is 0 Å². The van der Waals surface area contributed by atoms with Crippen molar-refractivity contribution in [2.75, 3.05) is 12.5 Å². The molecule has 0 unspecified atom stereocenters. The van der Waals surface area contributed by atoms with Crippen molar-refractivity contribution in [1.29, 1.82) is 0 Å². The number of hydrogen-bond donors (Lipinski definition) is 1. The molecule has 1 N–H and O–H groups in total. The highest BCUT2D eigenvalue weighted by Gasteiger charge is 1.83. The van der Waals surface area contributed by atoms with Gasteiger partial charge in [-0.3, -0.25) is 10.4 Å². The van der Waals surface area contributed by atoms with Crippen LogP contribution in [0.5, 0.6) is 0 Å². The molecule has 4 nitrogen and oxygen atoms in total. The van der Waals surface area contributed by atoms with Crippen LogP contribution in [-0.4, -0.2) is 12.0 Å². The zero-order valence-electron chi connectivity index (χ0n) is 5.65. The van der Waals surface area contributed by atoms with Crippen LogP contribution < -0.4 is 5.43 Å². The van der Waals surface area contributed by atoms with Gasteiger partial charge < -0.3 is 0 Å². The molecular formula is C6H8N4. The van der Waals surface area contributed by atoms with Gasteiger partial charge in [0.15, 0.2) is 0 Å². The summed E-state index contributed by atoms with van der Waals surface area (Å²) in [6.07, 6.45) is 3.38. The van der Waals surface area contributed by atoms with E-state index in [-0.39, 0.29) is 0 Å². The number of hydrogen-bond acceptors (Lipinski definition) is 3. The summed E-state index contributed by atoms with van der Waals surface area (Å²) in [6.45, 7) is 0. The van der Waals surface area contributed by atoms with Crippen LogP contribution in [-0.2, 0) is 0 Å². The highest BCUT2D eigenvalue weighted by molar-refractivity contribution is 5.38. The van der Waals surface area contributed by atoms with Crippen LogP contribution in [0.3, 0.4) is 0 Å². The van der Waals surface area contributed by atoms with Crippen molar-refractivity contribution < 1.29 is 0 Å². The molecule has 0 radical (unpaired) electrons. The molecular weight excluding hydrogens is 128 g/mol. The summed E-state index contributed by atoms with van der Waals surface area (Å²) in [5.41, 5.74) is 3.53. The van der Waals surface area contributed by atoms with E-state index in [0.29, 0.717) is 0 Å². The molecule has 0 atom stereocenters. The van der Waals surface area contributed by atoms with Crippen LogP contribution >= 0.6 is 0 Å². The van der Waals surface area contributed by atoms with E-state index >= 15 is 0 Å². The quantitative estimate of drug-likeness (QED) is 0.494. The van der Waals surface area contributed by atoms with Crippen molar-refractivity contribution in [1.82, 2.24) is 4.98 Å². The van der Waals surface area contributed by atoms with Crippen molar-refractivity contribution in [2.24, 2.45) is 10.3 Å². The molecule has 0 spiro atoms. The lowest BCUT2D eigenvalue weighted by atomic mass is 10.4. The minimum absolute atomic E-state index is 0.841. The maximum atomic E-state index is 3.87. The first kappa shape index (κ1) is 6.67. The highest BCUT2D eigenvalue weighted by Crippen LogP contribution is 2.01. The van der Waals surface area contributed by atoms with Crippen LogP contribution in [0.1, 0.15) is 0 Å². The van der Waals surface area contributed by atoms with Gasteiger partial charge in [-0.1, -0.05) is 5.22 Å². The predicted molar refractivity (Wildman–Crippen MR) is 38.6 cm³/mol. The number of aromatic nitrogens is 1. The smallest absolute Gasteiger partial charge is 0.0762 e. The molecule has 1 heterocycles. The topological polar surface area (TPSA) is 49.6 Å². The Morgan fingerprint density at radius 1 is 1.60 bits per heavy atom. The lowest BCUT2D eigenvalue weighted by Gasteiger charge is -1.93. The number of nitrogens with one attached hydrogen (secondary N) is 1. The molecule has 52 valence electrons. The molecule has 1 aromatic heterocycles. The normalized spacial score (nSPS) is 10.1. The first-order valence-corrected chi connectivity index (χ1v) is 2.88. The van der Waals surface area contributed by atoms with E-state index in [1.807, 2.05) is 12.1 Å². The largest absolute Gasteiger partial charge is 0.263 e. The van der Waals surface area contributed by atoms with E-state index in [9.17, 15) is 0 Å². The van der Waals surface area contributed by atoms with Crippen molar-refractivity contribution in [2.45, 2.75) is 0 Å². The van der Waals surface area contributed by atoms with Gasteiger partial charge in [0.25, 0.3) is 0 Å². The third-order valence-electron chi connectivity index (χ3n) is 0.941. The molecule has 4 heteroatoms. The minimum Gasteiger partial charge on any atom is -0.263 e. The summed E-state index contributed by atoms with van der Waals surface area (Å²) >= 11 is 0. The van der Waals surface area contributed by atoms with Crippen LogP contribution in [0.4, 0.5) is 5.69 Å². The van der Waals surface area contributed by atoms with Gasteiger partial charge in [0.1, 0.15) is 0 Å². The number of anilines is 1.